The van der Waals surface area contributed by atoms with Gasteiger partial charge in [-0.3, -0.25) is 0 Å². The van der Waals surface area contributed by atoms with Gasteiger partial charge in [0, 0.05) is 66.8 Å². The molecule has 0 aliphatic rings. The van der Waals surface area contributed by atoms with Gasteiger partial charge in [-0.1, -0.05) is 121 Å². The van der Waals surface area contributed by atoms with E-state index in [0.717, 1.165) is 88.4 Å². The molecule has 0 spiro atoms. The van der Waals surface area contributed by atoms with Gasteiger partial charge < -0.3 is 13.4 Å². The van der Waals surface area contributed by atoms with E-state index in [2.05, 4.69) is 132 Å². The van der Waals surface area contributed by atoms with Crippen molar-refractivity contribution in [2.75, 3.05) is 0 Å². The van der Waals surface area contributed by atoms with Crippen LogP contribution in [0.1, 0.15) is 0 Å². The van der Waals surface area contributed by atoms with E-state index < -0.39 is 0 Å². The zero-order valence-electron chi connectivity index (χ0n) is 30.4. The lowest BCUT2D eigenvalue weighted by Crippen LogP contribution is -2.00. The third kappa shape index (κ3) is 5.08. The molecular formula is C51H30N4O2. The van der Waals surface area contributed by atoms with Crippen molar-refractivity contribution >= 4 is 65.7 Å². The number of para-hydroxylation sites is 2. The third-order valence-corrected chi connectivity index (χ3v) is 11.0. The topological polar surface area (TPSA) is 69.9 Å². The first-order valence-electron chi connectivity index (χ1n) is 19.0. The maximum absolute atomic E-state index is 6.68. The fraction of sp³-hybridized carbons (Fsp3) is 0. The molecule has 0 bridgehead atoms. The molecule has 0 aliphatic heterocycles. The summed E-state index contributed by atoms with van der Waals surface area (Å²) >= 11 is 0. The lowest BCUT2D eigenvalue weighted by molar-refractivity contribution is 0.668. The van der Waals surface area contributed by atoms with Crippen LogP contribution >= 0.6 is 0 Å². The summed E-state index contributed by atoms with van der Waals surface area (Å²) in [6.45, 7) is 0. The van der Waals surface area contributed by atoms with Crippen LogP contribution in [0.25, 0.3) is 117 Å². The number of rotatable bonds is 5. The molecule has 6 heteroatoms. The number of benzene rings is 8. The maximum Gasteiger partial charge on any atom is 0.164 e. The maximum atomic E-state index is 6.68. The molecule has 0 saturated carbocycles. The fourth-order valence-electron chi connectivity index (χ4n) is 8.33. The highest BCUT2D eigenvalue weighted by Gasteiger charge is 2.19. The molecule has 0 aliphatic carbocycles. The van der Waals surface area contributed by atoms with Crippen molar-refractivity contribution in [2.45, 2.75) is 0 Å². The Morgan fingerprint density at radius 2 is 0.860 bits per heavy atom. The summed E-state index contributed by atoms with van der Waals surface area (Å²) in [4.78, 5) is 15.1. The summed E-state index contributed by atoms with van der Waals surface area (Å²) in [5, 5.41) is 6.67. The highest BCUT2D eigenvalue weighted by molar-refractivity contribution is 6.17. The van der Waals surface area contributed by atoms with E-state index in [1.165, 1.54) is 10.8 Å². The molecule has 0 amide bonds. The Morgan fingerprint density at radius 3 is 1.67 bits per heavy atom. The second-order valence-electron chi connectivity index (χ2n) is 14.4. The van der Waals surface area contributed by atoms with E-state index >= 15 is 0 Å². The normalized spacial score (nSPS) is 11.9. The summed E-state index contributed by atoms with van der Waals surface area (Å²) in [5.74, 6) is 1.80. The quantitative estimate of drug-likeness (QED) is 0.176. The van der Waals surface area contributed by atoms with Crippen LogP contribution in [-0.2, 0) is 0 Å². The van der Waals surface area contributed by atoms with Gasteiger partial charge in [0.15, 0.2) is 17.5 Å². The summed E-state index contributed by atoms with van der Waals surface area (Å²) in [6, 6.07) is 62.7. The molecule has 12 aromatic rings. The van der Waals surface area contributed by atoms with Gasteiger partial charge in [-0.15, -0.1) is 0 Å². The highest BCUT2D eigenvalue weighted by atomic mass is 16.3. The first-order valence-corrected chi connectivity index (χ1v) is 19.0. The molecule has 0 atom stereocenters. The van der Waals surface area contributed by atoms with Gasteiger partial charge in [-0.05, 0) is 59.7 Å². The van der Waals surface area contributed by atoms with Crippen LogP contribution in [0.2, 0.25) is 0 Å². The zero-order valence-corrected chi connectivity index (χ0v) is 30.4. The Kier molecular flexibility index (Phi) is 6.83. The van der Waals surface area contributed by atoms with Gasteiger partial charge in [0.2, 0.25) is 0 Å². The molecular weight excluding hydrogens is 701 g/mol. The molecule has 0 radical (unpaired) electrons. The number of hydrogen-bond acceptors (Lipinski definition) is 5. The van der Waals surface area contributed by atoms with Gasteiger partial charge in [0.05, 0.1) is 11.0 Å². The van der Waals surface area contributed by atoms with Gasteiger partial charge in [0.25, 0.3) is 0 Å². The Morgan fingerprint density at radius 1 is 0.298 bits per heavy atom. The van der Waals surface area contributed by atoms with Crippen LogP contribution in [0.4, 0.5) is 0 Å². The molecule has 8 aromatic carbocycles. The van der Waals surface area contributed by atoms with E-state index in [-0.39, 0.29) is 0 Å². The molecule has 0 unspecified atom stereocenters. The van der Waals surface area contributed by atoms with E-state index in [1.54, 1.807) is 0 Å². The van der Waals surface area contributed by atoms with E-state index in [0.29, 0.717) is 17.5 Å². The van der Waals surface area contributed by atoms with Crippen molar-refractivity contribution in [3.05, 3.63) is 182 Å². The molecule has 0 saturated heterocycles. The minimum absolute atomic E-state index is 0.578. The minimum atomic E-state index is 0.578. The minimum Gasteiger partial charge on any atom is -0.456 e. The van der Waals surface area contributed by atoms with Crippen LogP contribution in [0.3, 0.4) is 0 Å². The molecule has 4 heterocycles. The van der Waals surface area contributed by atoms with Gasteiger partial charge >= 0.3 is 0 Å². The highest BCUT2D eigenvalue weighted by Crippen LogP contribution is 2.40. The van der Waals surface area contributed by atoms with E-state index in [9.17, 15) is 0 Å². The molecule has 266 valence electrons. The summed E-state index contributed by atoms with van der Waals surface area (Å²) in [7, 11) is 0. The van der Waals surface area contributed by atoms with E-state index in [4.69, 9.17) is 23.8 Å². The van der Waals surface area contributed by atoms with E-state index in [1.807, 2.05) is 54.6 Å². The van der Waals surface area contributed by atoms with Crippen molar-refractivity contribution in [3.8, 4) is 51.0 Å². The average molecular weight is 731 g/mol. The van der Waals surface area contributed by atoms with Gasteiger partial charge in [-0.2, -0.15) is 0 Å². The standard InChI is InChI=1S/C51H30N4O2/c1-3-12-31(13-4-1)33-16-11-17-34(26-33)50-52-49(32-14-5-2-6-15-32)53-51(54-50)35-22-24-39-40-25-23-36(28-47(40)57-46(39)27-35)55-43-20-9-7-18-37(43)41-29-42-38-19-8-10-21-45(38)56-48(42)30-44(41)55/h1-30H. The molecule has 12 rings (SSSR count). The Bertz CT molecular complexity index is 3530. The number of hydrogen-bond donors (Lipinski definition) is 0. The van der Waals surface area contributed by atoms with Crippen molar-refractivity contribution < 1.29 is 8.83 Å². The Balaban J connectivity index is 0.993. The monoisotopic (exact) mass is 730 g/mol. The van der Waals surface area contributed by atoms with Crippen molar-refractivity contribution in [2.24, 2.45) is 0 Å². The molecule has 0 N–H and O–H groups in total. The molecule has 4 aromatic heterocycles. The first kappa shape index (κ1) is 31.5. The third-order valence-electron chi connectivity index (χ3n) is 11.0. The number of aromatic nitrogens is 4. The summed E-state index contributed by atoms with van der Waals surface area (Å²) < 4.78 is 15.3. The second-order valence-corrected chi connectivity index (χ2v) is 14.4. The van der Waals surface area contributed by atoms with Crippen LogP contribution in [0.5, 0.6) is 0 Å². The Labute approximate surface area is 325 Å². The van der Waals surface area contributed by atoms with Gasteiger partial charge in [-0.25, -0.2) is 15.0 Å². The van der Waals surface area contributed by atoms with Crippen LogP contribution in [0, 0.1) is 0 Å². The summed E-state index contributed by atoms with van der Waals surface area (Å²) in [5.41, 5.74) is 11.5. The molecule has 6 nitrogen and oxygen atoms in total. The van der Waals surface area contributed by atoms with Crippen LogP contribution in [-0.4, -0.2) is 19.5 Å². The van der Waals surface area contributed by atoms with Crippen LogP contribution < -0.4 is 0 Å². The fourth-order valence-corrected chi connectivity index (χ4v) is 8.33. The lowest BCUT2D eigenvalue weighted by Gasteiger charge is -2.09. The molecule has 57 heavy (non-hydrogen) atoms. The predicted octanol–water partition coefficient (Wildman–Crippen LogP) is 13.4. The smallest absolute Gasteiger partial charge is 0.164 e. The largest absolute Gasteiger partial charge is 0.456 e. The second kappa shape index (κ2) is 12.3. The van der Waals surface area contributed by atoms with Gasteiger partial charge in [0.1, 0.15) is 22.3 Å². The predicted molar refractivity (Wildman–Crippen MR) is 230 cm³/mol. The number of furan rings is 2. The van der Waals surface area contributed by atoms with Crippen LogP contribution in [0.15, 0.2) is 191 Å². The van der Waals surface area contributed by atoms with Crippen molar-refractivity contribution in [3.63, 3.8) is 0 Å². The average Bonchev–Trinajstić information content (AvgIpc) is 3.94. The first-order chi connectivity index (χ1) is 28.2. The number of nitrogens with zero attached hydrogens (tertiary/aromatic N) is 4. The lowest BCUT2D eigenvalue weighted by atomic mass is 10.0. The SMILES string of the molecule is c1ccc(-c2cccc(-c3nc(-c4ccccc4)nc(-c4ccc5c(c4)oc4cc(-n6c7ccccc7c7cc8c(cc76)oc6ccccc68)ccc45)n3)c2)cc1. The van der Waals surface area contributed by atoms with Crippen molar-refractivity contribution in [1.82, 2.24) is 19.5 Å². The molecule has 0 fully saturated rings. The Hall–Kier alpha value is -7.83. The number of fused-ring (bicyclic) bond motifs is 9. The summed E-state index contributed by atoms with van der Waals surface area (Å²) in [6.07, 6.45) is 0. The van der Waals surface area contributed by atoms with Crippen molar-refractivity contribution in [1.29, 1.82) is 0 Å². The zero-order chi connectivity index (χ0) is 37.5.